The second kappa shape index (κ2) is 9.58. The van der Waals surface area contributed by atoms with E-state index in [1.165, 1.54) is 0 Å². The monoisotopic (exact) mass is 410 g/mol. The first kappa shape index (κ1) is 20.2. The molecule has 154 valence electrons. The van der Waals surface area contributed by atoms with Crippen LogP contribution >= 0.6 is 0 Å². The highest BCUT2D eigenvalue weighted by atomic mass is 16.1. The van der Waals surface area contributed by atoms with Crippen LogP contribution in [0.25, 0.3) is 11.3 Å². The summed E-state index contributed by atoms with van der Waals surface area (Å²) in [5.74, 6) is 0.321. The number of pyridine rings is 2. The van der Waals surface area contributed by atoms with Gasteiger partial charge in [0.05, 0.1) is 5.69 Å². The minimum atomic E-state index is -0.135. The van der Waals surface area contributed by atoms with Crippen LogP contribution < -0.4 is 10.6 Å². The molecule has 0 fully saturated rings. The fraction of sp³-hybridized carbons (Fsp3) is 0.125. The lowest BCUT2D eigenvalue weighted by atomic mass is 10.1. The molecular weight excluding hydrogens is 388 g/mol. The third-order valence-corrected chi connectivity index (χ3v) is 4.75. The number of aromatic nitrogens is 4. The number of carbonyl (C=O) groups is 1. The van der Waals surface area contributed by atoms with Gasteiger partial charge in [-0.05, 0) is 55.0 Å². The summed E-state index contributed by atoms with van der Waals surface area (Å²) in [4.78, 5) is 29.9. The predicted molar refractivity (Wildman–Crippen MR) is 120 cm³/mol. The molecule has 0 unspecified atom stereocenters. The third kappa shape index (κ3) is 5.27. The molecule has 0 atom stereocenters. The topological polar surface area (TPSA) is 92.7 Å². The summed E-state index contributed by atoms with van der Waals surface area (Å²) in [5, 5.41) is 6.17. The van der Waals surface area contributed by atoms with Crippen LogP contribution in [0.2, 0.25) is 0 Å². The van der Waals surface area contributed by atoms with Gasteiger partial charge in [0.1, 0.15) is 0 Å². The van der Waals surface area contributed by atoms with Crippen molar-refractivity contribution in [3.05, 3.63) is 96.2 Å². The number of nitrogens with one attached hydrogen (secondary N) is 2. The number of hydrogen-bond donors (Lipinski definition) is 2. The lowest BCUT2D eigenvalue weighted by Gasteiger charge is -2.11. The van der Waals surface area contributed by atoms with E-state index in [-0.39, 0.29) is 5.91 Å². The van der Waals surface area contributed by atoms with E-state index in [0.29, 0.717) is 24.5 Å². The number of benzene rings is 1. The Bertz CT molecular complexity index is 1170. The molecule has 0 spiro atoms. The maximum atomic E-state index is 12.6. The van der Waals surface area contributed by atoms with Crippen molar-refractivity contribution in [2.75, 3.05) is 11.9 Å². The number of aryl methyl sites for hydroxylation is 1. The standard InChI is InChI=1S/C24H22N6O/c1-17-7-8-18(23(31)27-13-9-20-6-2-3-12-26-20)15-22(17)30-24-28-14-10-21(29-24)19-5-4-11-25-16-19/h2-8,10-12,14-16H,9,13H2,1H3,(H,27,31)(H,28,29,30). The average Bonchev–Trinajstić information content (AvgIpc) is 2.82. The molecule has 3 aromatic heterocycles. The van der Waals surface area contributed by atoms with Crippen LogP contribution in [0.3, 0.4) is 0 Å². The smallest absolute Gasteiger partial charge is 0.251 e. The van der Waals surface area contributed by atoms with Crippen molar-refractivity contribution >= 4 is 17.5 Å². The lowest BCUT2D eigenvalue weighted by molar-refractivity contribution is 0.0954. The molecule has 31 heavy (non-hydrogen) atoms. The summed E-state index contributed by atoms with van der Waals surface area (Å²) in [5.41, 5.74) is 4.95. The Morgan fingerprint density at radius 2 is 1.90 bits per heavy atom. The summed E-state index contributed by atoms with van der Waals surface area (Å²) >= 11 is 0. The Morgan fingerprint density at radius 3 is 2.71 bits per heavy atom. The molecule has 0 saturated heterocycles. The van der Waals surface area contributed by atoms with Gasteiger partial charge in [-0.1, -0.05) is 12.1 Å². The second-order valence-corrected chi connectivity index (χ2v) is 6.99. The van der Waals surface area contributed by atoms with E-state index >= 15 is 0 Å². The molecule has 1 amide bonds. The van der Waals surface area contributed by atoms with Crippen molar-refractivity contribution in [3.63, 3.8) is 0 Å². The minimum absolute atomic E-state index is 0.135. The van der Waals surface area contributed by atoms with Crippen LogP contribution in [0.1, 0.15) is 21.6 Å². The first-order chi connectivity index (χ1) is 15.2. The van der Waals surface area contributed by atoms with Crippen molar-refractivity contribution < 1.29 is 4.79 Å². The van der Waals surface area contributed by atoms with Gasteiger partial charge in [0.25, 0.3) is 5.91 Å². The molecule has 0 bridgehead atoms. The molecule has 7 heteroatoms. The van der Waals surface area contributed by atoms with Crippen LogP contribution in [0, 0.1) is 6.92 Å². The Kier molecular flexibility index (Phi) is 6.23. The molecule has 2 N–H and O–H groups in total. The quantitative estimate of drug-likeness (QED) is 0.479. The van der Waals surface area contributed by atoms with Crippen LogP contribution in [0.15, 0.2) is 79.4 Å². The zero-order chi connectivity index (χ0) is 21.5. The van der Waals surface area contributed by atoms with Gasteiger partial charge in [0.2, 0.25) is 5.95 Å². The van der Waals surface area contributed by atoms with E-state index in [1.807, 2.05) is 61.5 Å². The Hall–Kier alpha value is -4.13. The largest absolute Gasteiger partial charge is 0.352 e. The van der Waals surface area contributed by atoms with Gasteiger partial charge in [-0.25, -0.2) is 9.97 Å². The third-order valence-electron chi connectivity index (χ3n) is 4.75. The van der Waals surface area contributed by atoms with E-state index in [4.69, 9.17) is 0 Å². The molecule has 4 rings (SSSR count). The Morgan fingerprint density at radius 1 is 0.968 bits per heavy atom. The normalized spacial score (nSPS) is 10.5. The summed E-state index contributed by atoms with van der Waals surface area (Å²) in [6, 6.07) is 16.9. The van der Waals surface area contributed by atoms with E-state index < -0.39 is 0 Å². The summed E-state index contributed by atoms with van der Waals surface area (Å²) in [6.07, 6.45) is 7.60. The zero-order valence-electron chi connectivity index (χ0n) is 17.1. The average molecular weight is 410 g/mol. The number of nitrogens with zero attached hydrogens (tertiary/aromatic N) is 4. The van der Waals surface area contributed by atoms with Crippen LogP contribution in [-0.4, -0.2) is 32.4 Å². The fourth-order valence-electron chi connectivity index (χ4n) is 3.06. The molecule has 0 aliphatic heterocycles. The predicted octanol–water partition coefficient (Wildman–Crippen LogP) is 3.96. The van der Waals surface area contributed by atoms with Crippen molar-refractivity contribution in [1.82, 2.24) is 25.3 Å². The SMILES string of the molecule is Cc1ccc(C(=O)NCCc2ccccn2)cc1Nc1nccc(-c2cccnc2)n1. The maximum absolute atomic E-state index is 12.6. The van der Waals surface area contributed by atoms with Gasteiger partial charge in [0, 0.05) is 60.3 Å². The molecule has 0 aliphatic rings. The van der Waals surface area contributed by atoms with Gasteiger partial charge in [0.15, 0.2) is 0 Å². The maximum Gasteiger partial charge on any atom is 0.251 e. The highest BCUT2D eigenvalue weighted by Gasteiger charge is 2.10. The number of amides is 1. The van der Waals surface area contributed by atoms with Crippen LogP contribution in [0.5, 0.6) is 0 Å². The molecule has 7 nitrogen and oxygen atoms in total. The van der Waals surface area contributed by atoms with Crippen LogP contribution in [0.4, 0.5) is 11.6 Å². The number of anilines is 2. The van der Waals surface area contributed by atoms with Crippen molar-refractivity contribution in [2.24, 2.45) is 0 Å². The number of carbonyl (C=O) groups excluding carboxylic acids is 1. The van der Waals surface area contributed by atoms with E-state index in [2.05, 4.69) is 30.6 Å². The van der Waals surface area contributed by atoms with Crippen molar-refractivity contribution in [2.45, 2.75) is 13.3 Å². The number of rotatable bonds is 7. The van der Waals surface area contributed by atoms with Gasteiger partial charge < -0.3 is 10.6 Å². The fourth-order valence-corrected chi connectivity index (χ4v) is 3.06. The zero-order valence-corrected chi connectivity index (χ0v) is 17.1. The molecule has 4 aromatic rings. The molecule has 1 aromatic carbocycles. The Labute approximate surface area is 180 Å². The number of hydrogen-bond acceptors (Lipinski definition) is 6. The summed E-state index contributed by atoms with van der Waals surface area (Å²) < 4.78 is 0. The van der Waals surface area contributed by atoms with E-state index in [9.17, 15) is 4.79 Å². The van der Waals surface area contributed by atoms with Gasteiger partial charge in [-0.2, -0.15) is 0 Å². The van der Waals surface area contributed by atoms with Gasteiger partial charge in [-0.3, -0.25) is 14.8 Å². The van der Waals surface area contributed by atoms with Gasteiger partial charge >= 0.3 is 0 Å². The molecular formula is C24H22N6O. The minimum Gasteiger partial charge on any atom is -0.352 e. The first-order valence-corrected chi connectivity index (χ1v) is 9.98. The van der Waals surface area contributed by atoms with E-state index in [0.717, 1.165) is 28.2 Å². The first-order valence-electron chi connectivity index (χ1n) is 9.98. The molecule has 3 heterocycles. The van der Waals surface area contributed by atoms with Crippen LogP contribution in [-0.2, 0) is 6.42 Å². The second-order valence-electron chi connectivity index (χ2n) is 6.99. The lowest BCUT2D eigenvalue weighted by Crippen LogP contribution is -2.26. The highest BCUT2D eigenvalue weighted by Crippen LogP contribution is 2.22. The van der Waals surface area contributed by atoms with Crippen molar-refractivity contribution in [3.8, 4) is 11.3 Å². The van der Waals surface area contributed by atoms with Gasteiger partial charge in [-0.15, -0.1) is 0 Å². The van der Waals surface area contributed by atoms with Crippen molar-refractivity contribution in [1.29, 1.82) is 0 Å². The Balaban J connectivity index is 1.45. The van der Waals surface area contributed by atoms with E-state index in [1.54, 1.807) is 24.8 Å². The molecule has 0 saturated carbocycles. The summed E-state index contributed by atoms with van der Waals surface area (Å²) in [6.45, 7) is 2.48. The highest BCUT2D eigenvalue weighted by molar-refractivity contribution is 5.95. The summed E-state index contributed by atoms with van der Waals surface area (Å²) in [7, 11) is 0. The molecule has 0 radical (unpaired) electrons. The molecule has 0 aliphatic carbocycles.